The highest BCUT2D eigenvalue weighted by molar-refractivity contribution is 6.30. The first-order chi connectivity index (χ1) is 12.6. The SMILES string of the molecule is CN1OC(c2ccc(Cl)cc2)CC1(C)c1cccnc1.c1ccncc1. The van der Waals surface area contributed by atoms with E-state index >= 15 is 0 Å². The highest BCUT2D eigenvalue weighted by Gasteiger charge is 2.43. The largest absolute Gasteiger partial charge is 0.290 e. The number of hydrogen-bond acceptors (Lipinski definition) is 4. The Morgan fingerprint density at radius 3 is 2.23 bits per heavy atom. The lowest BCUT2D eigenvalue weighted by atomic mass is 9.87. The summed E-state index contributed by atoms with van der Waals surface area (Å²) < 4.78 is 0. The van der Waals surface area contributed by atoms with Gasteiger partial charge < -0.3 is 0 Å². The maximum Gasteiger partial charge on any atom is 0.106 e. The van der Waals surface area contributed by atoms with E-state index in [1.54, 1.807) is 18.6 Å². The van der Waals surface area contributed by atoms with Gasteiger partial charge in [-0.05, 0) is 48.4 Å². The van der Waals surface area contributed by atoms with Crippen LogP contribution in [0.3, 0.4) is 0 Å². The maximum atomic E-state index is 6.02. The molecule has 2 aromatic heterocycles. The second-order valence-electron chi connectivity index (χ2n) is 6.39. The Bertz CT molecular complexity index is 772. The van der Waals surface area contributed by atoms with E-state index in [9.17, 15) is 0 Å². The van der Waals surface area contributed by atoms with Crippen LogP contribution in [-0.2, 0) is 10.4 Å². The van der Waals surface area contributed by atoms with Crippen molar-refractivity contribution in [1.29, 1.82) is 0 Å². The van der Waals surface area contributed by atoms with E-state index in [0.717, 1.165) is 17.0 Å². The molecular weight excluding hydrogens is 346 g/mol. The molecule has 0 aliphatic carbocycles. The Labute approximate surface area is 159 Å². The summed E-state index contributed by atoms with van der Waals surface area (Å²) in [6.07, 6.45) is 8.13. The molecule has 2 unspecified atom stereocenters. The smallest absolute Gasteiger partial charge is 0.106 e. The molecule has 1 aliphatic heterocycles. The lowest BCUT2D eigenvalue weighted by Gasteiger charge is -2.29. The van der Waals surface area contributed by atoms with Gasteiger partial charge in [0.25, 0.3) is 0 Å². The second-order valence-corrected chi connectivity index (χ2v) is 6.82. The number of pyridine rings is 2. The summed E-state index contributed by atoms with van der Waals surface area (Å²) in [6, 6.07) is 17.6. The van der Waals surface area contributed by atoms with Gasteiger partial charge in [-0.25, -0.2) is 0 Å². The Kier molecular flexibility index (Phi) is 5.99. The highest BCUT2D eigenvalue weighted by atomic mass is 35.5. The summed E-state index contributed by atoms with van der Waals surface area (Å²) in [6.45, 7) is 2.18. The van der Waals surface area contributed by atoms with Crippen molar-refractivity contribution >= 4 is 11.6 Å². The minimum atomic E-state index is -0.168. The number of hydroxylamine groups is 2. The highest BCUT2D eigenvalue weighted by Crippen LogP contribution is 2.45. The van der Waals surface area contributed by atoms with Gasteiger partial charge in [0.2, 0.25) is 0 Å². The topological polar surface area (TPSA) is 38.2 Å². The predicted molar refractivity (Wildman–Crippen MR) is 103 cm³/mol. The Hall–Kier alpha value is -2.27. The molecule has 134 valence electrons. The summed E-state index contributed by atoms with van der Waals surface area (Å²) in [5, 5.41) is 2.68. The van der Waals surface area contributed by atoms with Gasteiger partial charge >= 0.3 is 0 Å². The number of aromatic nitrogens is 2. The van der Waals surface area contributed by atoms with Gasteiger partial charge in [-0.2, -0.15) is 5.06 Å². The van der Waals surface area contributed by atoms with E-state index in [-0.39, 0.29) is 11.6 Å². The van der Waals surface area contributed by atoms with Crippen LogP contribution in [0.1, 0.15) is 30.6 Å². The van der Waals surface area contributed by atoms with Crippen LogP contribution in [0.5, 0.6) is 0 Å². The summed E-state index contributed by atoms with van der Waals surface area (Å²) in [7, 11) is 1.98. The summed E-state index contributed by atoms with van der Waals surface area (Å²) in [5.74, 6) is 0. The van der Waals surface area contributed by atoms with E-state index in [1.165, 1.54) is 5.56 Å². The molecule has 1 fully saturated rings. The molecule has 2 atom stereocenters. The number of hydrogen-bond donors (Lipinski definition) is 0. The van der Waals surface area contributed by atoms with Gasteiger partial charge in [0, 0.05) is 43.3 Å². The lowest BCUT2D eigenvalue weighted by molar-refractivity contribution is -0.169. The molecule has 1 aromatic carbocycles. The van der Waals surface area contributed by atoms with Crippen molar-refractivity contribution < 1.29 is 4.84 Å². The van der Waals surface area contributed by atoms with E-state index in [1.807, 2.05) is 66.8 Å². The third kappa shape index (κ3) is 4.28. The zero-order valence-electron chi connectivity index (χ0n) is 14.9. The standard InChI is InChI=1S/C16H17ClN2O.C5H5N/c1-16(13-4-3-9-18-11-13)10-15(20-19(16)2)12-5-7-14(17)8-6-12;1-2-4-6-5-3-1/h3-9,11,15H,10H2,1-2H3;1-5H. The molecule has 0 radical (unpaired) electrons. The van der Waals surface area contributed by atoms with Crippen molar-refractivity contribution in [1.82, 2.24) is 15.0 Å². The fourth-order valence-electron chi connectivity index (χ4n) is 2.98. The van der Waals surface area contributed by atoms with Gasteiger partial charge in [-0.3, -0.25) is 14.8 Å². The first-order valence-corrected chi connectivity index (χ1v) is 8.89. The molecule has 0 N–H and O–H groups in total. The second kappa shape index (κ2) is 8.41. The van der Waals surface area contributed by atoms with Gasteiger partial charge in [-0.1, -0.05) is 35.9 Å². The fraction of sp³-hybridized carbons (Fsp3) is 0.238. The Morgan fingerprint density at radius 2 is 1.69 bits per heavy atom. The number of benzene rings is 1. The number of nitrogens with zero attached hydrogens (tertiary/aromatic N) is 3. The molecular formula is C21H22ClN3O. The first kappa shape index (κ1) is 18.5. The lowest BCUT2D eigenvalue weighted by Crippen LogP contribution is -2.34. The van der Waals surface area contributed by atoms with Crippen LogP contribution in [0.15, 0.2) is 79.4 Å². The van der Waals surface area contributed by atoms with Crippen molar-refractivity contribution in [2.45, 2.75) is 25.0 Å². The molecule has 5 heteroatoms. The van der Waals surface area contributed by atoms with Crippen LogP contribution in [0.4, 0.5) is 0 Å². The van der Waals surface area contributed by atoms with E-state index < -0.39 is 0 Å². The molecule has 4 nitrogen and oxygen atoms in total. The van der Waals surface area contributed by atoms with Crippen LogP contribution in [0.2, 0.25) is 5.02 Å². The first-order valence-electron chi connectivity index (χ1n) is 8.51. The molecule has 26 heavy (non-hydrogen) atoms. The van der Waals surface area contributed by atoms with Crippen LogP contribution in [-0.4, -0.2) is 22.1 Å². The summed E-state index contributed by atoms with van der Waals surface area (Å²) in [5.41, 5.74) is 2.14. The molecule has 0 amide bonds. The fourth-order valence-corrected chi connectivity index (χ4v) is 3.11. The average molecular weight is 368 g/mol. The number of halogens is 1. The quantitative estimate of drug-likeness (QED) is 0.636. The van der Waals surface area contributed by atoms with Crippen molar-refractivity contribution in [3.05, 3.63) is 95.5 Å². The Balaban J connectivity index is 0.000000278. The Morgan fingerprint density at radius 1 is 1.00 bits per heavy atom. The maximum absolute atomic E-state index is 6.02. The molecule has 0 bridgehead atoms. The van der Waals surface area contributed by atoms with Crippen molar-refractivity contribution in [3.8, 4) is 0 Å². The molecule has 1 aliphatic rings. The van der Waals surface area contributed by atoms with Crippen molar-refractivity contribution in [2.24, 2.45) is 0 Å². The third-order valence-electron chi connectivity index (χ3n) is 4.65. The minimum absolute atomic E-state index is 0.0440. The van der Waals surface area contributed by atoms with Gasteiger partial charge in [-0.15, -0.1) is 0 Å². The van der Waals surface area contributed by atoms with Crippen LogP contribution in [0, 0.1) is 0 Å². The van der Waals surface area contributed by atoms with Gasteiger partial charge in [0.05, 0.1) is 5.54 Å². The minimum Gasteiger partial charge on any atom is -0.290 e. The van der Waals surface area contributed by atoms with E-state index in [4.69, 9.17) is 16.4 Å². The van der Waals surface area contributed by atoms with E-state index in [2.05, 4.69) is 23.0 Å². The van der Waals surface area contributed by atoms with Gasteiger partial charge in [0.1, 0.15) is 6.10 Å². The normalized spacial score (nSPS) is 22.5. The van der Waals surface area contributed by atoms with Crippen LogP contribution in [0.25, 0.3) is 0 Å². The molecule has 1 saturated heterocycles. The molecule has 0 saturated carbocycles. The van der Waals surface area contributed by atoms with Crippen molar-refractivity contribution in [2.75, 3.05) is 7.05 Å². The monoisotopic (exact) mass is 367 g/mol. The summed E-state index contributed by atoms with van der Waals surface area (Å²) in [4.78, 5) is 14.0. The zero-order valence-corrected chi connectivity index (χ0v) is 15.7. The molecule has 0 spiro atoms. The van der Waals surface area contributed by atoms with E-state index in [0.29, 0.717) is 0 Å². The number of rotatable bonds is 2. The predicted octanol–water partition coefficient (Wildman–Crippen LogP) is 5.04. The molecule has 3 aromatic rings. The van der Waals surface area contributed by atoms with Crippen LogP contribution >= 0.6 is 11.6 Å². The average Bonchev–Trinajstić information content (AvgIpc) is 3.01. The van der Waals surface area contributed by atoms with Crippen LogP contribution < -0.4 is 0 Å². The zero-order chi connectivity index (χ0) is 18.4. The third-order valence-corrected chi connectivity index (χ3v) is 4.91. The molecule has 3 heterocycles. The summed E-state index contributed by atoms with van der Waals surface area (Å²) >= 11 is 5.94. The molecule has 4 rings (SSSR count). The van der Waals surface area contributed by atoms with Crippen molar-refractivity contribution in [3.63, 3.8) is 0 Å². The van der Waals surface area contributed by atoms with Gasteiger partial charge in [0.15, 0.2) is 0 Å².